The van der Waals surface area contributed by atoms with Crippen molar-refractivity contribution in [1.82, 2.24) is 4.98 Å². The summed E-state index contributed by atoms with van der Waals surface area (Å²) < 4.78 is 0. The highest BCUT2D eigenvalue weighted by Gasteiger charge is 2.03. The van der Waals surface area contributed by atoms with Crippen LogP contribution in [0, 0.1) is 11.3 Å². The molecule has 0 bridgehead atoms. The molecule has 0 aliphatic carbocycles. The zero-order valence-corrected chi connectivity index (χ0v) is 9.67. The molecule has 1 aromatic carbocycles. The summed E-state index contributed by atoms with van der Waals surface area (Å²) in [4.78, 5) is 6.30. The van der Waals surface area contributed by atoms with E-state index in [1.807, 2.05) is 31.3 Å². The summed E-state index contributed by atoms with van der Waals surface area (Å²) in [5.74, 6) is 0.868. The Hall–Kier alpha value is -2.34. The van der Waals surface area contributed by atoms with Gasteiger partial charge in [0.05, 0.1) is 5.56 Å². The number of anilines is 1. The smallest absolute Gasteiger partial charge is 0.128 e. The second-order valence-electron chi connectivity index (χ2n) is 3.86. The van der Waals surface area contributed by atoms with Gasteiger partial charge in [0.1, 0.15) is 11.9 Å². The number of rotatable bonds is 3. The lowest BCUT2D eigenvalue weighted by atomic mass is 10.2. The van der Waals surface area contributed by atoms with Gasteiger partial charge in [-0.25, -0.2) is 4.98 Å². The molecule has 3 heteroatoms. The Morgan fingerprint density at radius 3 is 2.53 bits per heavy atom. The van der Waals surface area contributed by atoms with Crippen molar-refractivity contribution < 1.29 is 0 Å². The number of hydrogen-bond donors (Lipinski definition) is 0. The maximum atomic E-state index is 8.70. The Kier molecular flexibility index (Phi) is 3.37. The number of benzene rings is 1. The van der Waals surface area contributed by atoms with Crippen molar-refractivity contribution in [2.24, 2.45) is 0 Å². The van der Waals surface area contributed by atoms with Crippen LogP contribution in [0.25, 0.3) is 0 Å². The fourth-order valence-electron chi connectivity index (χ4n) is 1.62. The minimum atomic E-state index is 0.585. The number of nitriles is 1. The molecular formula is C14H13N3. The first-order valence-electron chi connectivity index (χ1n) is 5.41. The van der Waals surface area contributed by atoms with E-state index in [1.165, 1.54) is 5.56 Å². The summed E-state index contributed by atoms with van der Waals surface area (Å²) in [5, 5.41) is 8.70. The molecule has 0 aliphatic rings. The van der Waals surface area contributed by atoms with Crippen molar-refractivity contribution in [3.05, 3.63) is 59.8 Å². The Balaban J connectivity index is 2.10. The molecule has 0 spiro atoms. The quantitative estimate of drug-likeness (QED) is 0.803. The van der Waals surface area contributed by atoms with Gasteiger partial charge >= 0.3 is 0 Å². The van der Waals surface area contributed by atoms with E-state index in [0.29, 0.717) is 5.56 Å². The average molecular weight is 223 g/mol. The highest BCUT2D eigenvalue weighted by atomic mass is 15.2. The van der Waals surface area contributed by atoms with Crippen LogP contribution in [-0.2, 0) is 6.54 Å². The van der Waals surface area contributed by atoms with Crippen molar-refractivity contribution in [2.45, 2.75) is 6.54 Å². The first-order valence-corrected chi connectivity index (χ1v) is 5.41. The molecule has 2 rings (SSSR count). The third-order valence-electron chi connectivity index (χ3n) is 2.53. The van der Waals surface area contributed by atoms with Crippen LogP contribution in [0.15, 0.2) is 48.7 Å². The maximum Gasteiger partial charge on any atom is 0.128 e. The summed E-state index contributed by atoms with van der Waals surface area (Å²) in [6, 6.07) is 15.9. The van der Waals surface area contributed by atoms with Gasteiger partial charge in [-0.3, -0.25) is 0 Å². The van der Waals surface area contributed by atoms with E-state index in [4.69, 9.17) is 5.26 Å². The van der Waals surface area contributed by atoms with Gasteiger partial charge < -0.3 is 4.90 Å². The third kappa shape index (κ3) is 2.82. The lowest BCUT2D eigenvalue weighted by Gasteiger charge is -2.17. The van der Waals surface area contributed by atoms with Gasteiger partial charge in [0.25, 0.3) is 0 Å². The topological polar surface area (TPSA) is 39.9 Å². The Morgan fingerprint density at radius 2 is 1.94 bits per heavy atom. The third-order valence-corrected chi connectivity index (χ3v) is 2.53. The van der Waals surface area contributed by atoms with E-state index in [2.05, 4.69) is 28.1 Å². The maximum absolute atomic E-state index is 8.70. The fraction of sp³-hybridized carbons (Fsp3) is 0.143. The highest BCUT2D eigenvalue weighted by Crippen LogP contribution is 2.12. The standard InChI is InChI=1S/C14H13N3/c1-17(11-12-5-3-2-4-6-12)14-8-7-13(9-15)10-16-14/h2-8,10H,11H2,1H3. The van der Waals surface area contributed by atoms with Crippen molar-refractivity contribution >= 4 is 5.82 Å². The van der Waals surface area contributed by atoms with Gasteiger partial charge in [0, 0.05) is 19.8 Å². The molecule has 0 radical (unpaired) electrons. The predicted octanol–water partition coefficient (Wildman–Crippen LogP) is 2.59. The number of hydrogen-bond acceptors (Lipinski definition) is 3. The molecule has 0 saturated heterocycles. The summed E-state index contributed by atoms with van der Waals surface area (Å²) in [5.41, 5.74) is 1.82. The molecule has 0 aliphatic heterocycles. The van der Waals surface area contributed by atoms with Gasteiger partial charge in [-0.1, -0.05) is 30.3 Å². The molecule has 1 heterocycles. The zero-order chi connectivity index (χ0) is 12.1. The summed E-state index contributed by atoms with van der Waals surface area (Å²) in [6.45, 7) is 0.805. The molecule has 0 amide bonds. The van der Waals surface area contributed by atoms with Crippen LogP contribution in [0.1, 0.15) is 11.1 Å². The van der Waals surface area contributed by atoms with Crippen molar-refractivity contribution in [1.29, 1.82) is 5.26 Å². The van der Waals surface area contributed by atoms with Gasteiger partial charge in [-0.15, -0.1) is 0 Å². The zero-order valence-electron chi connectivity index (χ0n) is 9.67. The van der Waals surface area contributed by atoms with Crippen LogP contribution in [-0.4, -0.2) is 12.0 Å². The highest BCUT2D eigenvalue weighted by molar-refractivity contribution is 5.41. The average Bonchev–Trinajstić information content (AvgIpc) is 2.40. The van der Waals surface area contributed by atoms with E-state index in [9.17, 15) is 0 Å². The van der Waals surface area contributed by atoms with E-state index in [1.54, 1.807) is 12.3 Å². The molecule has 0 unspecified atom stereocenters. The van der Waals surface area contributed by atoms with Gasteiger partial charge in [-0.2, -0.15) is 5.26 Å². The molecule has 0 fully saturated rings. The summed E-state index contributed by atoms with van der Waals surface area (Å²) >= 11 is 0. The molecule has 1 aromatic heterocycles. The second kappa shape index (κ2) is 5.13. The number of pyridine rings is 1. The minimum Gasteiger partial charge on any atom is -0.355 e. The largest absolute Gasteiger partial charge is 0.355 e. The number of nitrogens with zero attached hydrogens (tertiary/aromatic N) is 3. The molecule has 17 heavy (non-hydrogen) atoms. The molecule has 3 nitrogen and oxygen atoms in total. The number of aromatic nitrogens is 1. The fourth-order valence-corrected chi connectivity index (χ4v) is 1.62. The van der Waals surface area contributed by atoms with Crippen LogP contribution in [0.3, 0.4) is 0 Å². The molecular weight excluding hydrogens is 210 g/mol. The van der Waals surface area contributed by atoms with Crippen LogP contribution in [0.2, 0.25) is 0 Å². The van der Waals surface area contributed by atoms with Crippen molar-refractivity contribution in [3.63, 3.8) is 0 Å². The normalized spacial score (nSPS) is 9.65. The molecule has 0 saturated carbocycles. The predicted molar refractivity (Wildman–Crippen MR) is 67.5 cm³/mol. The molecule has 2 aromatic rings. The Labute approximate surface area is 101 Å². The lowest BCUT2D eigenvalue weighted by Crippen LogP contribution is -2.17. The van der Waals surface area contributed by atoms with Crippen molar-refractivity contribution in [3.8, 4) is 6.07 Å². The van der Waals surface area contributed by atoms with Crippen LogP contribution < -0.4 is 4.90 Å². The lowest BCUT2D eigenvalue weighted by molar-refractivity contribution is 0.897. The molecule has 84 valence electrons. The SMILES string of the molecule is CN(Cc1ccccc1)c1ccc(C#N)cn1. The summed E-state index contributed by atoms with van der Waals surface area (Å²) in [6.07, 6.45) is 1.59. The van der Waals surface area contributed by atoms with E-state index in [-0.39, 0.29) is 0 Å². The first-order chi connectivity index (χ1) is 8.29. The Bertz CT molecular complexity index is 511. The van der Waals surface area contributed by atoms with Crippen LogP contribution >= 0.6 is 0 Å². The molecule has 0 atom stereocenters. The van der Waals surface area contributed by atoms with E-state index >= 15 is 0 Å². The van der Waals surface area contributed by atoms with E-state index < -0.39 is 0 Å². The van der Waals surface area contributed by atoms with Gasteiger partial charge in [0.2, 0.25) is 0 Å². The van der Waals surface area contributed by atoms with Crippen LogP contribution in [0.4, 0.5) is 5.82 Å². The minimum absolute atomic E-state index is 0.585. The van der Waals surface area contributed by atoms with Gasteiger partial charge in [-0.05, 0) is 17.7 Å². The Morgan fingerprint density at radius 1 is 1.18 bits per heavy atom. The second-order valence-corrected chi connectivity index (χ2v) is 3.86. The van der Waals surface area contributed by atoms with E-state index in [0.717, 1.165) is 12.4 Å². The van der Waals surface area contributed by atoms with Crippen LogP contribution in [0.5, 0.6) is 0 Å². The monoisotopic (exact) mass is 223 g/mol. The van der Waals surface area contributed by atoms with Crippen molar-refractivity contribution in [2.75, 3.05) is 11.9 Å². The summed E-state index contributed by atoms with van der Waals surface area (Å²) in [7, 11) is 1.99. The first kappa shape index (κ1) is 11.2. The molecule has 0 N–H and O–H groups in total. The van der Waals surface area contributed by atoms with Gasteiger partial charge in [0.15, 0.2) is 0 Å².